The van der Waals surface area contributed by atoms with Gasteiger partial charge < -0.3 is 14.2 Å². The van der Waals surface area contributed by atoms with E-state index in [0.717, 1.165) is 103 Å². The summed E-state index contributed by atoms with van der Waals surface area (Å²) in [6, 6.07) is 0. The Morgan fingerprint density at radius 3 is 0.790 bits per heavy atom. The summed E-state index contributed by atoms with van der Waals surface area (Å²) in [6.45, 7) is 6.53. The molecule has 0 spiro atoms. The number of carbonyl (C=O) groups excluding carboxylic acids is 3. The molecule has 0 bridgehead atoms. The fourth-order valence-corrected chi connectivity index (χ4v) is 9.85. The van der Waals surface area contributed by atoms with Crippen LogP contribution in [0.2, 0.25) is 0 Å². The Balaban J connectivity index is 4.40. The van der Waals surface area contributed by atoms with E-state index in [1.165, 1.54) is 199 Å². The van der Waals surface area contributed by atoms with Gasteiger partial charge in [0.25, 0.3) is 0 Å². The van der Waals surface area contributed by atoms with E-state index < -0.39 is 6.10 Å². The summed E-state index contributed by atoms with van der Waals surface area (Å²) in [7, 11) is 0. The zero-order valence-electron chi connectivity index (χ0n) is 53.5. The van der Waals surface area contributed by atoms with Crippen molar-refractivity contribution in [1.29, 1.82) is 0 Å². The van der Waals surface area contributed by atoms with Gasteiger partial charge in [0.2, 0.25) is 0 Å². The Hall–Kier alpha value is -3.67. The number of esters is 3. The van der Waals surface area contributed by atoms with Gasteiger partial charge >= 0.3 is 17.9 Å². The number of carbonyl (C=O) groups is 3. The van der Waals surface area contributed by atoms with Gasteiger partial charge in [0.15, 0.2) is 6.10 Å². The van der Waals surface area contributed by atoms with Crippen molar-refractivity contribution in [3.8, 4) is 0 Å². The van der Waals surface area contributed by atoms with Crippen LogP contribution in [0.1, 0.15) is 342 Å². The second-order valence-corrected chi connectivity index (χ2v) is 23.1. The highest BCUT2D eigenvalue weighted by Crippen LogP contribution is 2.17. The van der Waals surface area contributed by atoms with Gasteiger partial charge in [0, 0.05) is 19.3 Å². The standard InChI is InChI=1S/C75H130O6/c1-4-7-10-13-16-19-22-25-28-31-34-36-37-39-41-44-47-50-53-56-59-62-65-68-74(77)80-71-72(70-79-73(76)67-64-61-58-55-52-49-46-43-40-33-30-27-24-21-18-15-12-9-6-3)81-75(78)69-66-63-60-57-54-51-48-45-42-38-35-32-29-26-23-20-17-14-11-8-5-2/h7,10,16,18-19,21,25,27-28,30,32,34-36,39,41,72H,4-6,8-9,11-15,17,20,22-24,26,29,31,33,37-38,40,42-71H2,1-3H3/b10-7-,19-16-,21-18-,28-25-,30-27-,35-32-,36-34-,41-39-. The molecule has 0 heterocycles. The zero-order valence-corrected chi connectivity index (χ0v) is 53.5. The maximum atomic E-state index is 13.0. The van der Waals surface area contributed by atoms with E-state index >= 15 is 0 Å². The molecule has 0 amide bonds. The number of ether oxygens (including phenoxy) is 3. The number of allylic oxidation sites excluding steroid dienone is 16. The molecule has 0 aromatic heterocycles. The Morgan fingerprint density at radius 1 is 0.259 bits per heavy atom. The lowest BCUT2D eigenvalue weighted by Crippen LogP contribution is -2.30. The lowest BCUT2D eigenvalue weighted by Gasteiger charge is -2.18. The molecule has 0 fully saturated rings. The monoisotopic (exact) mass is 1130 g/mol. The highest BCUT2D eigenvalue weighted by molar-refractivity contribution is 5.71. The Bertz CT molecular complexity index is 1580. The summed E-state index contributed by atoms with van der Waals surface area (Å²) in [5.41, 5.74) is 0. The molecule has 6 nitrogen and oxygen atoms in total. The van der Waals surface area contributed by atoms with Crippen LogP contribution in [-0.4, -0.2) is 37.2 Å². The normalized spacial score (nSPS) is 12.7. The van der Waals surface area contributed by atoms with Crippen molar-refractivity contribution in [2.24, 2.45) is 0 Å². The molecule has 1 atom stereocenters. The molecule has 0 N–H and O–H groups in total. The van der Waals surface area contributed by atoms with Crippen molar-refractivity contribution < 1.29 is 28.6 Å². The fourth-order valence-electron chi connectivity index (χ4n) is 9.85. The van der Waals surface area contributed by atoms with Gasteiger partial charge in [-0.2, -0.15) is 0 Å². The highest BCUT2D eigenvalue weighted by atomic mass is 16.6. The van der Waals surface area contributed by atoms with Crippen LogP contribution in [0.15, 0.2) is 97.2 Å². The average molecular weight is 1130 g/mol. The predicted octanol–water partition coefficient (Wildman–Crippen LogP) is 24.0. The van der Waals surface area contributed by atoms with Gasteiger partial charge in [-0.15, -0.1) is 0 Å². The minimum atomic E-state index is -0.788. The van der Waals surface area contributed by atoms with Crippen molar-refractivity contribution in [2.75, 3.05) is 13.2 Å². The average Bonchev–Trinajstić information content (AvgIpc) is 3.47. The van der Waals surface area contributed by atoms with Crippen LogP contribution >= 0.6 is 0 Å². The summed E-state index contributed by atoms with van der Waals surface area (Å²) in [6.07, 6.45) is 92.7. The third-order valence-corrected chi connectivity index (χ3v) is 15.0. The Morgan fingerprint density at radius 2 is 0.481 bits per heavy atom. The van der Waals surface area contributed by atoms with Gasteiger partial charge in [0.05, 0.1) is 0 Å². The predicted molar refractivity (Wildman–Crippen MR) is 353 cm³/mol. The summed E-state index contributed by atoms with van der Waals surface area (Å²) in [4.78, 5) is 38.5. The molecule has 0 saturated carbocycles. The minimum absolute atomic E-state index is 0.0828. The van der Waals surface area contributed by atoms with Crippen LogP contribution in [0.25, 0.3) is 0 Å². The van der Waals surface area contributed by atoms with E-state index in [1.54, 1.807) is 0 Å². The third kappa shape index (κ3) is 67.0. The first-order valence-corrected chi connectivity index (χ1v) is 34.7. The van der Waals surface area contributed by atoms with Crippen LogP contribution in [-0.2, 0) is 28.6 Å². The van der Waals surface area contributed by atoms with E-state index in [1.807, 2.05) is 0 Å². The topological polar surface area (TPSA) is 78.9 Å². The van der Waals surface area contributed by atoms with Gasteiger partial charge in [0.1, 0.15) is 13.2 Å². The smallest absolute Gasteiger partial charge is 0.306 e. The highest BCUT2D eigenvalue weighted by Gasteiger charge is 2.19. The van der Waals surface area contributed by atoms with Crippen molar-refractivity contribution in [3.63, 3.8) is 0 Å². The number of unbranched alkanes of at least 4 members (excludes halogenated alkanes) is 36. The first kappa shape index (κ1) is 77.3. The van der Waals surface area contributed by atoms with E-state index in [0.29, 0.717) is 19.3 Å². The van der Waals surface area contributed by atoms with Crippen molar-refractivity contribution in [2.45, 2.75) is 348 Å². The number of hydrogen-bond donors (Lipinski definition) is 0. The van der Waals surface area contributed by atoms with E-state index in [2.05, 4.69) is 118 Å². The van der Waals surface area contributed by atoms with Crippen LogP contribution in [0.4, 0.5) is 0 Å². The first-order chi connectivity index (χ1) is 40.0. The molecule has 81 heavy (non-hydrogen) atoms. The van der Waals surface area contributed by atoms with Crippen LogP contribution in [0.5, 0.6) is 0 Å². The Kier molecular flexibility index (Phi) is 65.7. The lowest BCUT2D eigenvalue weighted by atomic mass is 10.1. The van der Waals surface area contributed by atoms with Gasteiger partial charge in [-0.1, -0.05) is 298 Å². The quantitative estimate of drug-likeness (QED) is 0.0261. The van der Waals surface area contributed by atoms with Crippen molar-refractivity contribution in [1.82, 2.24) is 0 Å². The second-order valence-electron chi connectivity index (χ2n) is 23.1. The summed E-state index contributed by atoms with van der Waals surface area (Å²) < 4.78 is 17.0. The molecule has 0 aromatic carbocycles. The number of rotatable bonds is 63. The molecular formula is C75H130O6. The molecule has 0 aliphatic rings. The molecular weight excluding hydrogens is 997 g/mol. The molecule has 0 aliphatic carbocycles. The first-order valence-electron chi connectivity index (χ1n) is 34.7. The van der Waals surface area contributed by atoms with E-state index in [9.17, 15) is 14.4 Å². The summed E-state index contributed by atoms with van der Waals surface area (Å²) in [5, 5.41) is 0. The van der Waals surface area contributed by atoms with Crippen molar-refractivity contribution >= 4 is 17.9 Å². The fraction of sp³-hybridized carbons (Fsp3) is 0.747. The van der Waals surface area contributed by atoms with E-state index in [-0.39, 0.29) is 31.1 Å². The maximum Gasteiger partial charge on any atom is 0.306 e. The molecule has 6 heteroatoms. The molecule has 0 aromatic rings. The Labute approximate surface area is 502 Å². The third-order valence-electron chi connectivity index (χ3n) is 15.0. The van der Waals surface area contributed by atoms with E-state index in [4.69, 9.17) is 14.2 Å². The molecule has 466 valence electrons. The van der Waals surface area contributed by atoms with Crippen LogP contribution < -0.4 is 0 Å². The number of hydrogen-bond acceptors (Lipinski definition) is 6. The lowest BCUT2D eigenvalue weighted by molar-refractivity contribution is -0.167. The van der Waals surface area contributed by atoms with Gasteiger partial charge in [-0.25, -0.2) is 0 Å². The molecule has 0 saturated heterocycles. The molecule has 1 unspecified atom stereocenters. The summed E-state index contributed by atoms with van der Waals surface area (Å²) >= 11 is 0. The van der Waals surface area contributed by atoms with Gasteiger partial charge in [-0.3, -0.25) is 14.4 Å². The molecule has 0 radical (unpaired) electrons. The second kappa shape index (κ2) is 68.8. The summed E-state index contributed by atoms with van der Waals surface area (Å²) in [5.74, 6) is -0.885. The molecule has 0 aliphatic heterocycles. The zero-order chi connectivity index (χ0) is 58.5. The van der Waals surface area contributed by atoms with Gasteiger partial charge in [-0.05, 0) is 122 Å². The van der Waals surface area contributed by atoms with Crippen LogP contribution in [0, 0.1) is 0 Å². The largest absolute Gasteiger partial charge is 0.462 e. The SMILES string of the molecule is CC/C=C\C/C=C\C/C=C\C/C=C\C/C=C\CCCCCCCCCC(=O)OCC(COC(=O)CCCCCCCCCCC/C=C\C/C=C\CCCCC)OC(=O)CCCCCCCCCCC/C=C\CCCCCCCCCC. The maximum absolute atomic E-state index is 13.0. The van der Waals surface area contributed by atoms with Crippen molar-refractivity contribution in [3.05, 3.63) is 97.2 Å². The van der Waals surface area contributed by atoms with Crippen LogP contribution in [0.3, 0.4) is 0 Å². The molecule has 0 rings (SSSR count). The minimum Gasteiger partial charge on any atom is -0.462 e.